The molecule has 0 radical (unpaired) electrons. The van der Waals surface area contributed by atoms with E-state index in [1.165, 1.54) is 7.11 Å². The minimum atomic E-state index is -1.70. The van der Waals surface area contributed by atoms with Crippen LogP contribution in [-0.2, 0) is 33.4 Å². The second-order valence-electron chi connectivity index (χ2n) is 5.72. The third-order valence-corrected chi connectivity index (χ3v) is 3.82. The molecule has 3 atom stereocenters. The predicted molar refractivity (Wildman–Crippen MR) is 97.1 cm³/mol. The molecule has 0 aliphatic rings. The lowest BCUT2D eigenvalue weighted by Gasteiger charge is -2.25. The molecule has 0 aromatic heterocycles. The first-order chi connectivity index (χ1) is 13.3. The van der Waals surface area contributed by atoms with Crippen molar-refractivity contribution in [1.29, 1.82) is 0 Å². The maximum absolute atomic E-state index is 12.6. The van der Waals surface area contributed by atoms with Crippen LogP contribution in [0.25, 0.3) is 0 Å². The molecule has 0 bridgehead atoms. The van der Waals surface area contributed by atoms with E-state index >= 15 is 0 Å². The highest BCUT2D eigenvalue weighted by molar-refractivity contribution is 5.92. The van der Waals surface area contributed by atoms with Crippen LogP contribution < -0.4 is 5.32 Å². The van der Waals surface area contributed by atoms with Gasteiger partial charge in [0.2, 0.25) is 0 Å². The minimum Gasteiger partial charge on any atom is -0.480 e. The molecule has 2 N–H and O–H groups in total. The molecule has 0 aliphatic heterocycles. The summed E-state index contributed by atoms with van der Waals surface area (Å²) in [5, 5.41) is 11.8. The molecular formula is C19H25NO8. The van der Waals surface area contributed by atoms with E-state index in [1.54, 1.807) is 44.2 Å². The number of rotatable bonds is 11. The number of nitrogens with one attached hydrogen (secondary N) is 1. The van der Waals surface area contributed by atoms with E-state index in [2.05, 4.69) is 5.32 Å². The van der Waals surface area contributed by atoms with Crippen molar-refractivity contribution in [1.82, 2.24) is 5.32 Å². The number of carboxylic acids is 1. The number of aliphatic carboxylic acids is 1. The fourth-order valence-corrected chi connectivity index (χ4v) is 2.57. The number of ether oxygens (including phenoxy) is 3. The van der Waals surface area contributed by atoms with Crippen LogP contribution in [0, 0.1) is 5.92 Å². The number of benzene rings is 1. The zero-order valence-corrected chi connectivity index (χ0v) is 16.0. The summed E-state index contributed by atoms with van der Waals surface area (Å²) in [6.07, 6.45) is -1.64. The van der Waals surface area contributed by atoms with Gasteiger partial charge >= 0.3 is 17.9 Å². The van der Waals surface area contributed by atoms with E-state index in [0.717, 1.165) is 0 Å². The predicted octanol–water partition coefficient (Wildman–Crippen LogP) is 1.08. The number of amides is 1. The molecular weight excluding hydrogens is 370 g/mol. The Morgan fingerprint density at radius 3 is 2.14 bits per heavy atom. The Labute approximate surface area is 163 Å². The molecule has 1 aromatic carbocycles. The zero-order chi connectivity index (χ0) is 21.1. The number of hydrogen-bond donors (Lipinski definition) is 2. The number of carboxylic acid groups (broad SMARTS) is 1. The fraction of sp³-hybridized carbons (Fsp3) is 0.474. The lowest BCUT2D eigenvalue weighted by Crippen LogP contribution is -2.51. The van der Waals surface area contributed by atoms with Crippen molar-refractivity contribution in [3.63, 3.8) is 0 Å². The molecule has 0 spiro atoms. The molecule has 0 aliphatic carbocycles. The van der Waals surface area contributed by atoms with Gasteiger partial charge in [-0.15, -0.1) is 0 Å². The molecule has 1 aromatic rings. The van der Waals surface area contributed by atoms with Crippen molar-refractivity contribution in [2.45, 2.75) is 32.4 Å². The Bertz CT molecular complexity index is 676. The summed E-state index contributed by atoms with van der Waals surface area (Å²) < 4.78 is 14.8. The molecule has 0 saturated carbocycles. The Morgan fingerprint density at radius 1 is 1.04 bits per heavy atom. The number of esters is 2. The molecule has 1 rings (SSSR count). The van der Waals surface area contributed by atoms with E-state index in [0.29, 0.717) is 5.56 Å². The van der Waals surface area contributed by atoms with Gasteiger partial charge in [0.25, 0.3) is 5.91 Å². The Morgan fingerprint density at radius 2 is 1.64 bits per heavy atom. The smallest absolute Gasteiger partial charge is 0.327 e. The van der Waals surface area contributed by atoms with Crippen molar-refractivity contribution in [2.75, 3.05) is 20.3 Å². The normalized spacial score (nSPS) is 13.7. The largest absolute Gasteiger partial charge is 0.480 e. The van der Waals surface area contributed by atoms with Crippen molar-refractivity contribution in [3.05, 3.63) is 35.9 Å². The SMILES string of the molecule is CCOC(=O)C[C@@H](C(=O)OCC)[C@H](NC(=O)[C@H](OC)c1ccccc1)C(=O)O. The molecule has 0 unspecified atom stereocenters. The van der Waals surface area contributed by atoms with Crippen LogP contribution in [0.4, 0.5) is 0 Å². The Balaban J connectivity index is 3.08. The first-order valence-electron chi connectivity index (χ1n) is 8.78. The van der Waals surface area contributed by atoms with Gasteiger partial charge in [0.15, 0.2) is 6.10 Å². The summed E-state index contributed by atoms with van der Waals surface area (Å²) in [4.78, 5) is 48.4. The summed E-state index contributed by atoms with van der Waals surface area (Å²) in [6, 6.07) is 6.74. The standard InChI is InChI=1S/C19H25NO8/c1-4-27-14(21)11-13(19(25)28-5-2)15(18(23)24)20-17(22)16(26-3)12-9-7-6-8-10-12/h6-10,13,15-16H,4-5,11H2,1-3H3,(H,20,22)(H,23,24)/t13-,15+,16-/m1/s1. The van der Waals surface area contributed by atoms with E-state index in [9.17, 15) is 24.3 Å². The van der Waals surface area contributed by atoms with Crippen molar-refractivity contribution >= 4 is 23.8 Å². The van der Waals surface area contributed by atoms with Crippen molar-refractivity contribution in [2.24, 2.45) is 5.92 Å². The first kappa shape index (κ1) is 23.1. The monoisotopic (exact) mass is 395 g/mol. The minimum absolute atomic E-state index is 0.0108. The van der Waals surface area contributed by atoms with Crippen molar-refractivity contribution < 1.29 is 38.5 Å². The fourth-order valence-electron chi connectivity index (χ4n) is 2.57. The average molecular weight is 395 g/mol. The summed E-state index contributed by atoms with van der Waals surface area (Å²) in [5.74, 6) is -5.39. The number of methoxy groups -OCH3 is 1. The van der Waals surface area contributed by atoms with Crippen LogP contribution in [0.5, 0.6) is 0 Å². The van der Waals surface area contributed by atoms with Gasteiger partial charge in [-0.05, 0) is 19.4 Å². The molecule has 9 nitrogen and oxygen atoms in total. The van der Waals surface area contributed by atoms with Crippen LogP contribution in [0.15, 0.2) is 30.3 Å². The highest BCUT2D eigenvalue weighted by Crippen LogP contribution is 2.19. The molecule has 0 fully saturated rings. The third-order valence-electron chi connectivity index (χ3n) is 3.82. The van der Waals surface area contributed by atoms with Crippen LogP contribution in [0.2, 0.25) is 0 Å². The van der Waals surface area contributed by atoms with Crippen LogP contribution in [0.1, 0.15) is 31.9 Å². The maximum atomic E-state index is 12.6. The van der Waals surface area contributed by atoms with Gasteiger partial charge in [0.05, 0.1) is 25.6 Å². The second kappa shape index (κ2) is 11.7. The highest BCUT2D eigenvalue weighted by Gasteiger charge is 2.39. The lowest BCUT2D eigenvalue weighted by molar-refractivity contribution is -0.160. The maximum Gasteiger partial charge on any atom is 0.327 e. The Kier molecular flexibility index (Phi) is 9.66. The van der Waals surface area contributed by atoms with Gasteiger partial charge in [-0.25, -0.2) is 4.79 Å². The second-order valence-corrected chi connectivity index (χ2v) is 5.72. The van der Waals surface area contributed by atoms with Gasteiger partial charge in [-0.3, -0.25) is 14.4 Å². The lowest BCUT2D eigenvalue weighted by atomic mass is 9.95. The highest BCUT2D eigenvalue weighted by atomic mass is 16.5. The van der Waals surface area contributed by atoms with Crippen LogP contribution >= 0.6 is 0 Å². The van der Waals surface area contributed by atoms with Crippen LogP contribution in [0.3, 0.4) is 0 Å². The molecule has 0 heterocycles. The molecule has 1 amide bonds. The Hall–Kier alpha value is -2.94. The van der Waals surface area contributed by atoms with Gasteiger partial charge < -0.3 is 24.6 Å². The molecule has 0 saturated heterocycles. The third kappa shape index (κ3) is 6.66. The van der Waals surface area contributed by atoms with Gasteiger partial charge in [-0.2, -0.15) is 0 Å². The number of hydrogen-bond acceptors (Lipinski definition) is 7. The van der Waals surface area contributed by atoms with Crippen molar-refractivity contribution in [3.8, 4) is 0 Å². The van der Waals surface area contributed by atoms with Crippen LogP contribution in [-0.4, -0.2) is 55.3 Å². The molecule has 9 heteroatoms. The number of carbonyl (C=O) groups excluding carboxylic acids is 3. The summed E-state index contributed by atoms with van der Waals surface area (Å²) in [7, 11) is 1.30. The topological polar surface area (TPSA) is 128 Å². The molecule has 154 valence electrons. The summed E-state index contributed by atoms with van der Waals surface area (Å²) in [6.45, 7) is 3.18. The van der Waals surface area contributed by atoms with Gasteiger partial charge in [0, 0.05) is 7.11 Å². The van der Waals surface area contributed by atoms with E-state index in [4.69, 9.17) is 14.2 Å². The van der Waals surface area contributed by atoms with E-state index in [1.807, 2.05) is 0 Å². The first-order valence-corrected chi connectivity index (χ1v) is 8.78. The van der Waals surface area contributed by atoms with E-state index in [-0.39, 0.29) is 13.2 Å². The number of carbonyl (C=O) groups is 4. The quantitative estimate of drug-likeness (QED) is 0.533. The van der Waals surface area contributed by atoms with Gasteiger partial charge in [-0.1, -0.05) is 30.3 Å². The van der Waals surface area contributed by atoms with Gasteiger partial charge in [0.1, 0.15) is 6.04 Å². The van der Waals surface area contributed by atoms with E-state index < -0.39 is 48.3 Å². The average Bonchev–Trinajstić information content (AvgIpc) is 2.66. The summed E-state index contributed by atoms with van der Waals surface area (Å²) in [5.41, 5.74) is 0.504. The zero-order valence-electron chi connectivity index (χ0n) is 16.0. The molecule has 28 heavy (non-hydrogen) atoms. The summed E-state index contributed by atoms with van der Waals surface area (Å²) >= 11 is 0.